The lowest BCUT2D eigenvalue weighted by Crippen LogP contribution is -2.45. The van der Waals surface area contributed by atoms with Crippen LogP contribution < -0.4 is 10.1 Å². The van der Waals surface area contributed by atoms with Crippen LogP contribution in [-0.4, -0.2) is 74.0 Å². The molecule has 1 aliphatic rings. The first kappa shape index (κ1) is 25.8. The average Bonchev–Trinajstić information content (AvgIpc) is 3.24. The topological polar surface area (TPSA) is 112 Å². The minimum Gasteiger partial charge on any atom is -0.490 e. The summed E-state index contributed by atoms with van der Waals surface area (Å²) in [6, 6.07) is 11.5. The van der Waals surface area contributed by atoms with Gasteiger partial charge in [-0.1, -0.05) is 23.2 Å². The van der Waals surface area contributed by atoms with E-state index in [0.717, 1.165) is 32.2 Å². The van der Waals surface area contributed by atoms with E-state index in [2.05, 4.69) is 15.2 Å². The van der Waals surface area contributed by atoms with Crippen molar-refractivity contribution in [1.82, 2.24) is 15.2 Å². The molecule has 4 rings (SSSR count). The minimum atomic E-state index is -3.33. The molecule has 2 aromatic carbocycles. The monoisotopic (exact) mass is 539 g/mol. The van der Waals surface area contributed by atoms with E-state index in [1.807, 2.05) is 0 Å². The zero-order valence-corrected chi connectivity index (χ0v) is 21.5. The Kier molecular flexibility index (Phi) is 7.92. The molecule has 2 heterocycles. The lowest BCUT2D eigenvalue weighted by Gasteiger charge is -2.33. The quantitative estimate of drug-likeness (QED) is 0.403. The lowest BCUT2D eigenvalue weighted by atomic mass is 10.1. The number of H-pyrrole nitrogens is 1. The standard InChI is InChI=1S/C24H27Cl2N3O5S/c1-35(32,33)19-3-5-22-15(10-19)11-23(28-22)24(31)27-13-16(30)14-29-8-6-17(7-9-29)34-18-2-4-20(25)21(26)12-18/h2-5,10-12,16-17,28,30H,6-9,13-14H2,1H3,(H,27,31)/t16-/m1/s1. The maximum atomic E-state index is 12.5. The molecule has 1 atom stereocenters. The van der Waals surface area contributed by atoms with E-state index in [1.165, 1.54) is 12.1 Å². The average molecular weight is 540 g/mol. The number of ether oxygens (including phenoxy) is 1. The zero-order chi connectivity index (χ0) is 25.2. The van der Waals surface area contributed by atoms with E-state index in [0.29, 0.717) is 38.9 Å². The summed E-state index contributed by atoms with van der Waals surface area (Å²) in [5.41, 5.74) is 0.965. The van der Waals surface area contributed by atoms with Gasteiger partial charge >= 0.3 is 0 Å². The van der Waals surface area contributed by atoms with Gasteiger partial charge in [0.05, 0.1) is 21.0 Å². The first-order valence-corrected chi connectivity index (χ1v) is 13.9. The van der Waals surface area contributed by atoms with E-state index in [1.54, 1.807) is 30.3 Å². The number of aliphatic hydroxyl groups excluding tert-OH is 1. The third-order valence-electron chi connectivity index (χ3n) is 5.96. The van der Waals surface area contributed by atoms with E-state index in [4.69, 9.17) is 27.9 Å². The lowest BCUT2D eigenvalue weighted by molar-refractivity contribution is 0.0593. The molecule has 35 heavy (non-hydrogen) atoms. The highest BCUT2D eigenvalue weighted by molar-refractivity contribution is 7.90. The molecule has 1 amide bonds. The summed E-state index contributed by atoms with van der Waals surface area (Å²) in [7, 11) is -3.33. The molecule has 0 radical (unpaired) electrons. The summed E-state index contributed by atoms with van der Waals surface area (Å²) in [5.74, 6) is 0.319. The highest BCUT2D eigenvalue weighted by Crippen LogP contribution is 2.28. The van der Waals surface area contributed by atoms with Crippen molar-refractivity contribution in [1.29, 1.82) is 0 Å². The number of aromatic nitrogens is 1. The van der Waals surface area contributed by atoms with E-state index < -0.39 is 15.9 Å². The van der Waals surface area contributed by atoms with Gasteiger partial charge in [-0.2, -0.15) is 0 Å². The smallest absolute Gasteiger partial charge is 0.267 e. The number of sulfone groups is 1. The van der Waals surface area contributed by atoms with Crippen molar-refractivity contribution in [2.45, 2.75) is 29.9 Å². The summed E-state index contributed by atoms with van der Waals surface area (Å²) in [6.45, 7) is 2.07. The van der Waals surface area contributed by atoms with Crippen molar-refractivity contribution in [3.8, 4) is 5.75 Å². The Morgan fingerprint density at radius 3 is 2.60 bits per heavy atom. The molecule has 1 saturated heterocycles. The van der Waals surface area contributed by atoms with Gasteiger partial charge in [0, 0.05) is 49.4 Å². The number of β-amino-alcohol motifs (C(OH)–C–C–N with tert-alkyl or cyclic N) is 1. The minimum absolute atomic E-state index is 0.0607. The van der Waals surface area contributed by atoms with Gasteiger partial charge in [-0.05, 0) is 49.2 Å². The number of hydrogen-bond donors (Lipinski definition) is 3. The number of aromatic amines is 1. The molecule has 11 heteroatoms. The van der Waals surface area contributed by atoms with Crippen LogP contribution in [0, 0.1) is 0 Å². The van der Waals surface area contributed by atoms with E-state index >= 15 is 0 Å². The molecule has 1 aliphatic heterocycles. The predicted molar refractivity (Wildman–Crippen MR) is 136 cm³/mol. The van der Waals surface area contributed by atoms with Gasteiger partial charge in [0.25, 0.3) is 5.91 Å². The second kappa shape index (κ2) is 10.8. The number of nitrogens with zero attached hydrogens (tertiary/aromatic N) is 1. The number of aliphatic hydroxyl groups is 1. The third kappa shape index (κ3) is 6.68. The number of likely N-dealkylation sites (tertiary alicyclic amines) is 1. The van der Waals surface area contributed by atoms with Gasteiger partial charge in [-0.25, -0.2) is 8.42 Å². The van der Waals surface area contributed by atoms with Gasteiger partial charge in [0.1, 0.15) is 17.5 Å². The van der Waals surface area contributed by atoms with Gasteiger partial charge in [-0.15, -0.1) is 0 Å². The fraction of sp³-hybridized carbons (Fsp3) is 0.375. The number of rotatable bonds is 8. The van der Waals surface area contributed by atoms with Crippen molar-refractivity contribution in [3.05, 3.63) is 58.2 Å². The highest BCUT2D eigenvalue weighted by atomic mass is 35.5. The molecule has 188 valence electrons. The van der Waals surface area contributed by atoms with Crippen molar-refractivity contribution in [2.24, 2.45) is 0 Å². The van der Waals surface area contributed by atoms with Crippen LogP contribution in [0.25, 0.3) is 10.9 Å². The SMILES string of the molecule is CS(=O)(=O)c1ccc2[nH]c(C(=O)NC[C@@H](O)CN3CCC(Oc4ccc(Cl)c(Cl)c4)CC3)cc2c1. The molecule has 3 aromatic rings. The van der Waals surface area contributed by atoms with E-state index in [9.17, 15) is 18.3 Å². The van der Waals surface area contributed by atoms with Crippen LogP contribution in [0.4, 0.5) is 0 Å². The first-order valence-electron chi connectivity index (χ1n) is 11.2. The molecule has 0 bridgehead atoms. The molecule has 1 fully saturated rings. The number of hydrogen-bond acceptors (Lipinski definition) is 6. The van der Waals surface area contributed by atoms with Crippen LogP contribution in [0.1, 0.15) is 23.3 Å². The van der Waals surface area contributed by atoms with Gasteiger partial charge in [0.15, 0.2) is 9.84 Å². The molecule has 8 nitrogen and oxygen atoms in total. The summed E-state index contributed by atoms with van der Waals surface area (Å²) in [6.07, 6.45) is 2.09. The number of amides is 1. The summed E-state index contributed by atoms with van der Waals surface area (Å²) in [5, 5.41) is 14.7. The van der Waals surface area contributed by atoms with Crippen molar-refractivity contribution >= 4 is 49.8 Å². The molecule has 1 aromatic heterocycles. The second-order valence-corrected chi connectivity index (χ2v) is 11.6. The maximum absolute atomic E-state index is 12.5. The molecule has 0 spiro atoms. The molecule has 0 aliphatic carbocycles. The Balaban J connectivity index is 1.23. The summed E-state index contributed by atoms with van der Waals surface area (Å²) < 4.78 is 29.5. The zero-order valence-electron chi connectivity index (χ0n) is 19.1. The number of carbonyl (C=O) groups is 1. The van der Waals surface area contributed by atoms with Crippen LogP contribution in [0.2, 0.25) is 10.0 Å². The van der Waals surface area contributed by atoms with Crippen LogP contribution in [-0.2, 0) is 9.84 Å². The fourth-order valence-corrected chi connectivity index (χ4v) is 5.03. The first-order chi connectivity index (χ1) is 16.6. The van der Waals surface area contributed by atoms with E-state index in [-0.39, 0.29) is 23.5 Å². The number of halogens is 2. The third-order valence-corrected chi connectivity index (χ3v) is 7.81. The molecular weight excluding hydrogens is 513 g/mol. The van der Waals surface area contributed by atoms with Crippen molar-refractivity contribution < 1.29 is 23.1 Å². The predicted octanol–water partition coefficient (Wildman–Crippen LogP) is 3.51. The number of nitrogens with one attached hydrogen (secondary N) is 2. The number of benzene rings is 2. The van der Waals surface area contributed by atoms with Crippen molar-refractivity contribution in [2.75, 3.05) is 32.4 Å². The fourth-order valence-electron chi connectivity index (χ4n) is 4.08. The normalized spacial score (nSPS) is 16.3. The Labute approximate surface area is 214 Å². The molecule has 3 N–H and O–H groups in total. The molecular formula is C24H27Cl2N3O5S. The summed E-state index contributed by atoms with van der Waals surface area (Å²) >= 11 is 12.0. The number of piperidine rings is 1. The largest absolute Gasteiger partial charge is 0.490 e. The van der Waals surface area contributed by atoms with Gasteiger partial charge in [0.2, 0.25) is 0 Å². The van der Waals surface area contributed by atoms with Crippen LogP contribution in [0.15, 0.2) is 47.4 Å². The maximum Gasteiger partial charge on any atom is 0.267 e. The number of carbonyl (C=O) groups excluding carboxylic acids is 1. The Hall–Kier alpha value is -2.30. The van der Waals surface area contributed by atoms with Gasteiger partial charge in [-0.3, -0.25) is 4.79 Å². The van der Waals surface area contributed by atoms with Crippen molar-refractivity contribution in [3.63, 3.8) is 0 Å². The van der Waals surface area contributed by atoms with Crippen LogP contribution >= 0.6 is 23.2 Å². The highest BCUT2D eigenvalue weighted by Gasteiger charge is 2.23. The van der Waals surface area contributed by atoms with Crippen LogP contribution in [0.5, 0.6) is 5.75 Å². The van der Waals surface area contributed by atoms with Gasteiger partial charge < -0.3 is 25.0 Å². The summed E-state index contributed by atoms with van der Waals surface area (Å²) in [4.78, 5) is 17.8. The second-order valence-electron chi connectivity index (χ2n) is 8.76. The molecule has 0 saturated carbocycles. The van der Waals surface area contributed by atoms with Crippen LogP contribution in [0.3, 0.4) is 0 Å². The molecule has 0 unspecified atom stereocenters. The Morgan fingerprint density at radius 1 is 1.17 bits per heavy atom. The number of fused-ring (bicyclic) bond motifs is 1. The Morgan fingerprint density at radius 2 is 1.91 bits per heavy atom. The Bertz CT molecular complexity index is 1320.